The number of nitrogens with zero attached hydrogens (tertiary/aromatic N) is 6. The summed E-state index contributed by atoms with van der Waals surface area (Å²) in [5, 5.41) is 8.47. The van der Waals surface area contributed by atoms with Gasteiger partial charge in [-0.25, -0.2) is 9.97 Å². The monoisotopic (exact) mass is 338 g/mol. The van der Waals surface area contributed by atoms with E-state index >= 15 is 0 Å². The molecule has 0 aromatic carbocycles. The van der Waals surface area contributed by atoms with Gasteiger partial charge < -0.3 is 9.80 Å². The molecule has 1 saturated heterocycles. The van der Waals surface area contributed by atoms with E-state index in [1.165, 1.54) is 18.4 Å². The third-order valence-corrected chi connectivity index (χ3v) is 5.02. The molecule has 2 aromatic heterocycles. The lowest BCUT2D eigenvalue weighted by Crippen LogP contribution is -2.49. The summed E-state index contributed by atoms with van der Waals surface area (Å²) in [6.45, 7) is 4.88. The van der Waals surface area contributed by atoms with Gasteiger partial charge in [-0.3, -0.25) is 4.79 Å². The highest BCUT2D eigenvalue weighted by Crippen LogP contribution is 2.21. The van der Waals surface area contributed by atoms with Crippen molar-refractivity contribution in [3.8, 4) is 0 Å². The van der Waals surface area contributed by atoms with Crippen molar-refractivity contribution in [2.24, 2.45) is 0 Å². The first kappa shape index (κ1) is 15.9. The van der Waals surface area contributed by atoms with Crippen molar-refractivity contribution in [3.63, 3.8) is 0 Å². The van der Waals surface area contributed by atoms with Crippen LogP contribution in [0.3, 0.4) is 0 Å². The van der Waals surface area contributed by atoms with Gasteiger partial charge in [-0.15, -0.1) is 5.10 Å². The Kier molecular flexibility index (Phi) is 4.29. The van der Waals surface area contributed by atoms with Crippen LogP contribution < -0.4 is 4.90 Å². The van der Waals surface area contributed by atoms with Crippen LogP contribution in [0.1, 0.15) is 40.2 Å². The number of amides is 1. The molecule has 1 aliphatic heterocycles. The highest BCUT2D eigenvalue weighted by Gasteiger charge is 2.25. The molecule has 7 nitrogen and oxygen atoms in total. The second-order valence-electron chi connectivity index (χ2n) is 6.72. The number of hydrogen-bond donors (Lipinski definition) is 0. The molecule has 0 atom stereocenters. The van der Waals surface area contributed by atoms with E-state index in [4.69, 9.17) is 0 Å². The molecule has 7 heteroatoms. The predicted molar refractivity (Wildman–Crippen MR) is 93.6 cm³/mol. The Hall–Kier alpha value is -2.57. The fourth-order valence-corrected chi connectivity index (χ4v) is 3.60. The van der Waals surface area contributed by atoms with Crippen molar-refractivity contribution in [1.29, 1.82) is 0 Å². The summed E-state index contributed by atoms with van der Waals surface area (Å²) in [6, 6.07) is 1.95. The van der Waals surface area contributed by atoms with Gasteiger partial charge in [-0.05, 0) is 44.2 Å². The first-order valence-corrected chi connectivity index (χ1v) is 8.88. The molecule has 1 fully saturated rings. The summed E-state index contributed by atoms with van der Waals surface area (Å²) in [4.78, 5) is 25.3. The van der Waals surface area contributed by atoms with Crippen LogP contribution in [0.2, 0.25) is 0 Å². The Balaban J connectivity index is 1.44. The van der Waals surface area contributed by atoms with Crippen LogP contribution in [-0.2, 0) is 12.8 Å². The van der Waals surface area contributed by atoms with E-state index in [1.54, 1.807) is 6.33 Å². The molecule has 2 aliphatic rings. The van der Waals surface area contributed by atoms with Crippen LogP contribution in [0, 0.1) is 6.92 Å². The number of fused-ring (bicyclic) bond motifs is 1. The van der Waals surface area contributed by atoms with Gasteiger partial charge in [0.15, 0.2) is 5.69 Å². The quantitative estimate of drug-likeness (QED) is 0.824. The summed E-state index contributed by atoms with van der Waals surface area (Å²) in [5.74, 6) is 0.940. The van der Waals surface area contributed by atoms with Gasteiger partial charge in [0.2, 0.25) is 0 Å². The van der Waals surface area contributed by atoms with Crippen molar-refractivity contribution in [3.05, 3.63) is 41.1 Å². The lowest BCUT2D eigenvalue weighted by atomic mass is 9.96. The maximum Gasteiger partial charge on any atom is 0.274 e. The minimum atomic E-state index is -0.0140. The third kappa shape index (κ3) is 3.18. The van der Waals surface area contributed by atoms with Gasteiger partial charge in [0.05, 0.1) is 5.69 Å². The van der Waals surface area contributed by atoms with E-state index in [0.717, 1.165) is 43.0 Å². The van der Waals surface area contributed by atoms with Gasteiger partial charge in [0.1, 0.15) is 12.1 Å². The van der Waals surface area contributed by atoms with E-state index in [9.17, 15) is 4.79 Å². The zero-order chi connectivity index (χ0) is 17.2. The lowest BCUT2D eigenvalue weighted by molar-refractivity contribution is 0.0739. The van der Waals surface area contributed by atoms with Crippen LogP contribution in [0.25, 0.3) is 0 Å². The minimum Gasteiger partial charge on any atom is -0.353 e. The predicted octanol–water partition coefficient (Wildman–Crippen LogP) is 1.42. The minimum absolute atomic E-state index is 0.0140. The topological polar surface area (TPSA) is 75.1 Å². The Labute approximate surface area is 147 Å². The molecule has 3 heterocycles. The molecule has 4 rings (SSSR count). The van der Waals surface area contributed by atoms with E-state index in [1.807, 2.05) is 24.1 Å². The number of aromatic nitrogens is 4. The average molecular weight is 338 g/mol. The second kappa shape index (κ2) is 6.74. The van der Waals surface area contributed by atoms with Crippen LogP contribution in [0.15, 0.2) is 18.6 Å². The summed E-state index contributed by atoms with van der Waals surface area (Å²) < 4.78 is 0. The molecule has 1 amide bonds. The largest absolute Gasteiger partial charge is 0.353 e. The zero-order valence-electron chi connectivity index (χ0n) is 14.5. The maximum absolute atomic E-state index is 12.8. The summed E-state index contributed by atoms with van der Waals surface area (Å²) in [7, 11) is 0. The molecule has 0 saturated carbocycles. The van der Waals surface area contributed by atoms with Gasteiger partial charge >= 0.3 is 0 Å². The summed E-state index contributed by atoms with van der Waals surface area (Å²) in [6.07, 6.45) is 7.72. The van der Waals surface area contributed by atoms with E-state index in [0.29, 0.717) is 18.8 Å². The molecular formula is C18H22N6O. The SMILES string of the molecule is Cc1cncnc1N1CCN(C(=O)c2cc3c(nn2)CCCC3)CC1. The molecule has 0 spiro atoms. The first-order valence-electron chi connectivity index (χ1n) is 8.88. The molecule has 0 unspecified atom stereocenters. The standard InChI is InChI=1S/C18H22N6O/c1-13-11-19-12-20-17(13)23-6-8-24(9-7-23)18(25)16-10-14-4-2-3-5-15(14)21-22-16/h10-12H,2-9H2,1H3. The molecule has 0 radical (unpaired) electrons. The number of hydrogen-bond acceptors (Lipinski definition) is 6. The summed E-state index contributed by atoms with van der Waals surface area (Å²) >= 11 is 0. The molecule has 1 aliphatic carbocycles. The van der Waals surface area contributed by atoms with Crippen LogP contribution in [-0.4, -0.2) is 57.2 Å². The van der Waals surface area contributed by atoms with Crippen molar-refractivity contribution >= 4 is 11.7 Å². The van der Waals surface area contributed by atoms with Crippen molar-refractivity contribution in [1.82, 2.24) is 25.1 Å². The fourth-order valence-electron chi connectivity index (χ4n) is 3.60. The molecule has 25 heavy (non-hydrogen) atoms. The average Bonchev–Trinajstić information content (AvgIpc) is 2.67. The molecule has 130 valence electrons. The van der Waals surface area contributed by atoms with Crippen molar-refractivity contribution < 1.29 is 4.79 Å². The third-order valence-electron chi connectivity index (χ3n) is 5.02. The Morgan fingerprint density at radius 3 is 2.68 bits per heavy atom. The Morgan fingerprint density at radius 1 is 1.08 bits per heavy atom. The number of piperazine rings is 1. The van der Waals surface area contributed by atoms with E-state index < -0.39 is 0 Å². The number of aryl methyl sites for hydroxylation is 3. The van der Waals surface area contributed by atoms with Gasteiger partial charge in [0.25, 0.3) is 5.91 Å². The van der Waals surface area contributed by atoms with E-state index in [2.05, 4.69) is 25.1 Å². The number of carbonyl (C=O) groups is 1. The molecule has 2 aromatic rings. The van der Waals surface area contributed by atoms with Crippen molar-refractivity contribution in [2.75, 3.05) is 31.1 Å². The zero-order valence-corrected chi connectivity index (χ0v) is 14.5. The Bertz CT molecular complexity index is 785. The first-order chi connectivity index (χ1) is 12.2. The highest BCUT2D eigenvalue weighted by molar-refractivity contribution is 5.92. The maximum atomic E-state index is 12.8. The molecule has 0 bridgehead atoms. The number of anilines is 1. The number of carbonyl (C=O) groups excluding carboxylic acids is 1. The van der Waals surface area contributed by atoms with Gasteiger partial charge in [-0.2, -0.15) is 5.10 Å². The van der Waals surface area contributed by atoms with Crippen LogP contribution in [0.4, 0.5) is 5.82 Å². The van der Waals surface area contributed by atoms with Crippen molar-refractivity contribution in [2.45, 2.75) is 32.6 Å². The normalized spacial score (nSPS) is 17.3. The molecule has 0 N–H and O–H groups in total. The van der Waals surface area contributed by atoms with Crippen LogP contribution >= 0.6 is 0 Å². The molecular weight excluding hydrogens is 316 g/mol. The fraction of sp³-hybridized carbons (Fsp3) is 0.500. The van der Waals surface area contributed by atoms with E-state index in [-0.39, 0.29) is 5.91 Å². The smallest absolute Gasteiger partial charge is 0.274 e. The Morgan fingerprint density at radius 2 is 1.88 bits per heavy atom. The number of rotatable bonds is 2. The van der Waals surface area contributed by atoms with Crippen LogP contribution in [0.5, 0.6) is 0 Å². The summed E-state index contributed by atoms with van der Waals surface area (Å²) in [5.41, 5.74) is 3.79. The van der Waals surface area contributed by atoms with Gasteiger partial charge in [-0.1, -0.05) is 0 Å². The second-order valence-corrected chi connectivity index (χ2v) is 6.72. The lowest BCUT2D eigenvalue weighted by Gasteiger charge is -2.35. The van der Waals surface area contributed by atoms with Gasteiger partial charge in [0, 0.05) is 37.9 Å². The highest BCUT2D eigenvalue weighted by atomic mass is 16.2.